The van der Waals surface area contributed by atoms with Gasteiger partial charge in [0.25, 0.3) is 0 Å². The van der Waals surface area contributed by atoms with E-state index >= 15 is 0 Å². The molecule has 1 aromatic carbocycles. The topological polar surface area (TPSA) is 80.9 Å². The number of nitrogens with zero attached hydrogens (tertiary/aromatic N) is 2. The van der Waals surface area contributed by atoms with E-state index in [1.165, 1.54) is 11.3 Å². The third kappa shape index (κ3) is 4.09. The third-order valence-electron chi connectivity index (χ3n) is 3.30. The van der Waals surface area contributed by atoms with Crippen molar-refractivity contribution in [1.82, 2.24) is 10.2 Å². The molecule has 3 N–H and O–H groups in total. The molecule has 21 heavy (non-hydrogen) atoms. The van der Waals surface area contributed by atoms with Crippen LogP contribution >= 0.6 is 11.3 Å². The Balaban J connectivity index is 1.98. The Kier molecular flexibility index (Phi) is 5.41. The summed E-state index contributed by atoms with van der Waals surface area (Å²) in [6, 6.07) is 9.28. The first-order valence-electron chi connectivity index (χ1n) is 7.05. The molecular formula is C15H20N4OS. The van der Waals surface area contributed by atoms with Gasteiger partial charge in [0.1, 0.15) is 5.01 Å². The highest BCUT2D eigenvalue weighted by molar-refractivity contribution is 7.15. The lowest BCUT2D eigenvalue weighted by Crippen LogP contribution is -2.30. The van der Waals surface area contributed by atoms with Gasteiger partial charge in [-0.25, -0.2) is 0 Å². The molecule has 1 aromatic heterocycles. The highest BCUT2D eigenvalue weighted by Gasteiger charge is 2.23. The van der Waals surface area contributed by atoms with Gasteiger partial charge in [-0.1, -0.05) is 55.5 Å². The average molecular weight is 304 g/mol. The second-order valence-corrected chi connectivity index (χ2v) is 6.03. The smallest absolute Gasteiger partial charge is 0.230 e. The number of nitrogens with two attached hydrogens (primary N) is 1. The monoisotopic (exact) mass is 304 g/mol. The van der Waals surface area contributed by atoms with Gasteiger partial charge in [-0.15, -0.1) is 10.2 Å². The Morgan fingerprint density at radius 1 is 1.33 bits per heavy atom. The molecule has 0 saturated heterocycles. The lowest BCUT2D eigenvalue weighted by molar-refractivity contribution is -0.120. The van der Waals surface area contributed by atoms with Crippen molar-refractivity contribution >= 4 is 22.4 Å². The first-order valence-corrected chi connectivity index (χ1v) is 7.87. The van der Waals surface area contributed by atoms with Crippen LogP contribution in [0.3, 0.4) is 0 Å². The van der Waals surface area contributed by atoms with Crippen molar-refractivity contribution in [2.75, 3.05) is 5.32 Å². The van der Waals surface area contributed by atoms with E-state index < -0.39 is 0 Å². The van der Waals surface area contributed by atoms with Gasteiger partial charge in [-0.3, -0.25) is 4.79 Å². The van der Waals surface area contributed by atoms with Crippen LogP contribution in [0.4, 0.5) is 5.13 Å². The van der Waals surface area contributed by atoms with Crippen molar-refractivity contribution in [3.63, 3.8) is 0 Å². The molecule has 1 heterocycles. The molecule has 0 aliphatic heterocycles. The van der Waals surface area contributed by atoms with Crippen LogP contribution in [0, 0.1) is 5.92 Å². The van der Waals surface area contributed by atoms with Gasteiger partial charge in [-0.05, 0) is 12.0 Å². The molecule has 112 valence electrons. The van der Waals surface area contributed by atoms with E-state index in [-0.39, 0.29) is 17.9 Å². The number of carbonyl (C=O) groups excluding carboxylic acids is 1. The van der Waals surface area contributed by atoms with Gasteiger partial charge in [-0.2, -0.15) is 0 Å². The maximum Gasteiger partial charge on any atom is 0.230 e. The molecule has 0 fully saturated rings. The number of aromatic nitrogens is 2. The molecule has 1 amide bonds. The Morgan fingerprint density at radius 2 is 2.05 bits per heavy atom. The van der Waals surface area contributed by atoms with Crippen LogP contribution in [0.2, 0.25) is 0 Å². The molecule has 2 unspecified atom stereocenters. The zero-order valence-electron chi connectivity index (χ0n) is 12.2. The van der Waals surface area contributed by atoms with Gasteiger partial charge in [0, 0.05) is 12.5 Å². The predicted molar refractivity (Wildman–Crippen MR) is 85.1 cm³/mol. The number of hydrogen-bond donors (Lipinski definition) is 2. The van der Waals surface area contributed by atoms with Crippen LogP contribution in [-0.4, -0.2) is 16.1 Å². The molecule has 2 rings (SSSR count). The molecule has 0 spiro atoms. The summed E-state index contributed by atoms with van der Waals surface area (Å²) in [5, 5.41) is 12.3. The largest absolute Gasteiger partial charge is 0.323 e. The van der Waals surface area contributed by atoms with Gasteiger partial charge in [0.2, 0.25) is 11.0 Å². The molecule has 2 atom stereocenters. The zero-order chi connectivity index (χ0) is 15.2. The van der Waals surface area contributed by atoms with Crippen LogP contribution in [0.5, 0.6) is 0 Å². The van der Waals surface area contributed by atoms with Gasteiger partial charge >= 0.3 is 0 Å². The fourth-order valence-corrected chi connectivity index (χ4v) is 2.81. The molecule has 5 nitrogen and oxygen atoms in total. The minimum Gasteiger partial charge on any atom is -0.323 e. The summed E-state index contributed by atoms with van der Waals surface area (Å²) in [7, 11) is 0. The van der Waals surface area contributed by atoms with Crippen LogP contribution in [0.1, 0.15) is 36.9 Å². The van der Waals surface area contributed by atoms with Gasteiger partial charge in [0.05, 0.1) is 5.92 Å². The standard InChI is InChI=1S/C15H20N4OS/c1-3-7-12-18-19-15(21-12)17-14(20)10(2)13(16)11-8-5-4-6-9-11/h4-6,8-10,13H,3,7,16H2,1-2H3,(H,17,19,20). The van der Waals surface area contributed by atoms with Crippen LogP contribution in [-0.2, 0) is 11.2 Å². The van der Waals surface area contributed by atoms with E-state index in [1.54, 1.807) is 0 Å². The van der Waals surface area contributed by atoms with Crippen LogP contribution in [0.15, 0.2) is 30.3 Å². The number of nitrogens with one attached hydrogen (secondary N) is 1. The Labute approximate surface area is 128 Å². The van der Waals surface area contributed by atoms with E-state index in [4.69, 9.17) is 5.73 Å². The van der Waals surface area contributed by atoms with E-state index in [0.29, 0.717) is 5.13 Å². The van der Waals surface area contributed by atoms with Crippen molar-refractivity contribution in [2.24, 2.45) is 11.7 Å². The summed E-state index contributed by atoms with van der Waals surface area (Å²) < 4.78 is 0. The number of anilines is 1. The molecule has 0 aliphatic carbocycles. The van der Waals surface area contributed by atoms with Crippen molar-refractivity contribution < 1.29 is 4.79 Å². The summed E-state index contributed by atoms with van der Waals surface area (Å²) in [6.45, 7) is 3.90. The second-order valence-electron chi connectivity index (χ2n) is 4.97. The molecule has 0 saturated carbocycles. The Morgan fingerprint density at radius 3 is 2.71 bits per heavy atom. The SMILES string of the molecule is CCCc1nnc(NC(=O)C(C)C(N)c2ccccc2)s1. The fraction of sp³-hybridized carbons (Fsp3) is 0.400. The number of aryl methyl sites for hydroxylation is 1. The lowest BCUT2D eigenvalue weighted by atomic mass is 9.95. The minimum atomic E-state index is -0.342. The first-order chi connectivity index (χ1) is 10.1. The third-order valence-corrected chi connectivity index (χ3v) is 4.20. The van der Waals surface area contributed by atoms with Crippen molar-refractivity contribution in [2.45, 2.75) is 32.7 Å². The van der Waals surface area contributed by atoms with Gasteiger partial charge in [0.15, 0.2) is 0 Å². The van der Waals surface area contributed by atoms with Crippen LogP contribution in [0.25, 0.3) is 0 Å². The summed E-state index contributed by atoms with van der Waals surface area (Å²) in [5.41, 5.74) is 7.10. The minimum absolute atomic E-state index is 0.134. The summed E-state index contributed by atoms with van der Waals surface area (Å²) in [4.78, 5) is 12.2. The lowest BCUT2D eigenvalue weighted by Gasteiger charge is -2.18. The Bertz CT molecular complexity index is 584. The zero-order valence-corrected chi connectivity index (χ0v) is 13.1. The van der Waals surface area contributed by atoms with E-state index in [2.05, 4.69) is 22.4 Å². The van der Waals surface area contributed by atoms with Crippen molar-refractivity contribution in [3.8, 4) is 0 Å². The maximum atomic E-state index is 12.2. The quantitative estimate of drug-likeness (QED) is 0.860. The predicted octanol–water partition coefficient (Wildman–Crippen LogP) is 2.77. The first kappa shape index (κ1) is 15.6. The molecule has 6 heteroatoms. The number of benzene rings is 1. The molecule has 0 radical (unpaired) electrons. The molecular weight excluding hydrogens is 284 g/mol. The second kappa shape index (κ2) is 7.28. The summed E-state index contributed by atoms with van der Waals surface area (Å²) in [5.74, 6) is -0.475. The Hall–Kier alpha value is -1.79. The van der Waals surface area contributed by atoms with Crippen LogP contribution < -0.4 is 11.1 Å². The van der Waals surface area contributed by atoms with E-state index in [0.717, 1.165) is 23.4 Å². The molecule has 0 bridgehead atoms. The highest BCUT2D eigenvalue weighted by Crippen LogP contribution is 2.22. The number of carbonyl (C=O) groups is 1. The number of amides is 1. The van der Waals surface area contributed by atoms with E-state index in [9.17, 15) is 4.79 Å². The summed E-state index contributed by atoms with van der Waals surface area (Å²) in [6.07, 6.45) is 1.89. The van der Waals surface area contributed by atoms with E-state index in [1.807, 2.05) is 37.3 Å². The normalized spacial score (nSPS) is 13.7. The van der Waals surface area contributed by atoms with Crippen molar-refractivity contribution in [3.05, 3.63) is 40.9 Å². The van der Waals surface area contributed by atoms with Gasteiger partial charge < -0.3 is 11.1 Å². The highest BCUT2D eigenvalue weighted by atomic mass is 32.1. The number of hydrogen-bond acceptors (Lipinski definition) is 5. The molecule has 2 aromatic rings. The summed E-state index contributed by atoms with van der Waals surface area (Å²) >= 11 is 1.42. The molecule has 0 aliphatic rings. The maximum absolute atomic E-state index is 12.2. The number of rotatable bonds is 6. The fourth-order valence-electron chi connectivity index (χ4n) is 1.97. The van der Waals surface area contributed by atoms with Crippen molar-refractivity contribution in [1.29, 1.82) is 0 Å². The average Bonchev–Trinajstić information content (AvgIpc) is 2.94.